The lowest BCUT2D eigenvalue weighted by Gasteiger charge is -2.48. The van der Waals surface area contributed by atoms with E-state index in [1.807, 2.05) is 30.3 Å². The van der Waals surface area contributed by atoms with E-state index in [0.717, 1.165) is 267 Å². The zero-order valence-corrected chi connectivity index (χ0v) is 79.6. The van der Waals surface area contributed by atoms with Crippen molar-refractivity contribution >= 4 is 237 Å². The molecule has 0 bridgehead atoms. The largest absolute Gasteiger partial charge is 0.456 e. The summed E-state index contributed by atoms with van der Waals surface area (Å²) in [6.07, 6.45) is 2.90. The van der Waals surface area contributed by atoms with Crippen molar-refractivity contribution in [3.05, 3.63) is 348 Å². The number of carbonyl (C=O) groups is 2. The summed E-state index contributed by atoms with van der Waals surface area (Å²) in [5.41, 5.74) is 53.4. The fourth-order valence-corrected chi connectivity index (χ4v) is 28.3. The maximum Gasteiger partial charge on any atom is 0.336 e. The van der Waals surface area contributed by atoms with E-state index in [4.69, 9.17) is 17.7 Å². The average Bonchev–Trinajstić information content (AvgIpc) is 1.48. The summed E-state index contributed by atoms with van der Waals surface area (Å²) in [5, 5.41) is 9.84. The van der Waals surface area contributed by atoms with E-state index in [2.05, 4.69) is 350 Å². The Morgan fingerprint density at radius 2 is 0.688 bits per heavy atom. The first-order valence-corrected chi connectivity index (χ1v) is 48.5. The third-order valence-electron chi connectivity index (χ3n) is 32.7. The van der Waals surface area contributed by atoms with Gasteiger partial charge in [0, 0.05) is 94.1 Å². The molecule has 22 aromatic rings. The number of benzene rings is 15. The van der Waals surface area contributed by atoms with Crippen LogP contribution in [-0.2, 0) is 6.42 Å². The first-order valence-electron chi connectivity index (χ1n) is 48.5. The summed E-state index contributed by atoms with van der Waals surface area (Å²) in [7, 11) is 0. The molecule has 16 heteroatoms. The van der Waals surface area contributed by atoms with Crippen molar-refractivity contribution < 1.29 is 27.3 Å². The Kier molecular flexibility index (Phi) is 15.1. The number of hydrogen-bond acceptors (Lipinski definition) is 9. The number of furan rings is 4. The number of para-hydroxylation sites is 4. The van der Waals surface area contributed by atoms with Crippen LogP contribution in [0.25, 0.3) is 149 Å². The van der Waals surface area contributed by atoms with Crippen LogP contribution < -0.4 is 58.7 Å². The van der Waals surface area contributed by atoms with E-state index < -0.39 is 6.71 Å². The summed E-state index contributed by atoms with van der Waals surface area (Å²) >= 11 is 0. The second-order valence-electron chi connectivity index (χ2n) is 41.4. The molecule has 1 aliphatic carbocycles. The van der Waals surface area contributed by atoms with Crippen LogP contribution in [0.5, 0.6) is 0 Å². The number of carbonyl (C=O) groups excluding carboxylic acids is 2. The van der Waals surface area contributed by atoms with Gasteiger partial charge >= 0.3 is 12.1 Å². The SMILES string of the molecule is Cc1cc(C)c(B2C3=C4N5c6c2cc(-c2c(C)cc(-c7cc(C)c(-c8cc9c%10c(c8)N(c8c(C)cc(C)cc8C)c8c%11n(c%12cc%13c(cc8%12)oc8ccccc8%13)C(=O)n8c(c(c%12cc%13oc%14ccccc%14c%13cc%128)N9c8c(C)cc(C)cc8C)B%10%11)c(C)c7)cc2C)cc6B(c2c(C)cc(C)cc2C)c2c5n(c5cc6c(cc25)oc2ccccc26)C(=O)N4C2Cc4c(oc5ccccc45)C=C32)c(C)c1. The van der Waals surface area contributed by atoms with Crippen LogP contribution >= 0.6 is 0 Å². The van der Waals surface area contributed by atoms with Gasteiger partial charge in [0.05, 0.1) is 45.3 Å². The predicted molar refractivity (Wildman–Crippen MR) is 570 cm³/mol. The number of hydrogen-bond donors (Lipinski definition) is 0. The molecule has 14 heterocycles. The number of nitrogens with zero attached hydrogens (tertiary/aromatic N) is 7. The van der Waals surface area contributed by atoms with Crippen LogP contribution in [0.1, 0.15) is 100 Å². The summed E-state index contributed by atoms with van der Waals surface area (Å²) in [4.78, 5) is 44.3. The minimum atomic E-state index is -0.432. The van der Waals surface area contributed by atoms with Crippen molar-refractivity contribution in [2.45, 2.75) is 123 Å². The van der Waals surface area contributed by atoms with Crippen LogP contribution in [0.4, 0.5) is 55.2 Å². The van der Waals surface area contributed by atoms with Gasteiger partial charge in [0.25, 0.3) is 6.71 Å². The van der Waals surface area contributed by atoms with Crippen molar-refractivity contribution in [2.24, 2.45) is 0 Å². The van der Waals surface area contributed by atoms with E-state index >= 15 is 9.59 Å². The second-order valence-corrected chi connectivity index (χ2v) is 41.4. The third-order valence-corrected chi connectivity index (χ3v) is 32.7. The molecule has 1 amide bonds. The molecular formula is C122H90B3N7O6. The number of aromatic nitrogens is 3. The number of rotatable bonds is 7. The molecule has 15 aromatic carbocycles. The molecule has 0 saturated heterocycles. The van der Waals surface area contributed by atoms with Gasteiger partial charge in [0.15, 0.2) is 0 Å². The molecule has 658 valence electrons. The Morgan fingerprint density at radius 3 is 1.14 bits per heavy atom. The van der Waals surface area contributed by atoms with Crippen molar-refractivity contribution in [1.29, 1.82) is 0 Å². The van der Waals surface area contributed by atoms with Crippen LogP contribution in [0.2, 0.25) is 0 Å². The summed E-state index contributed by atoms with van der Waals surface area (Å²) in [6, 6.07) is 84.8. The molecule has 0 fully saturated rings. The Balaban J connectivity index is 0.648. The van der Waals surface area contributed by atoms with Crippen molar-refractivity contribution in [2.75, 3.05) is 14.7 Å². The van der Waals surface area contributed by atoms with E-state index in [0.29, 0.717) is 6.42 Å². The van der Waals surface area contributed by atoms with Crippen LogP contribution in [0.3, 0.4) is 0 Å². The Bertz CT molecular complexity index is 9390. The molecule has 13 nitrogen and oxygen atoms in total. The molecule has 8 aliphatic rings. The van der Waals surface area contributed by atoms with E-state index in [-0.39, 0.29) is 31.5 Å². The van der Waals surface area contributed by atoms with Crippen LogP contribution in [-0.4, -0.2) is 56.8 Å². The number of aryl methyl sites for hydroxylation is 16. The molecule has 1 atom stereocenters. The van der Waals surface area contributed by atoms with Crippen molar-refractivity contribution in [1.82, 2.24) is 18.6 Å². The smallest absolute Gasteiger partial charge is 0.336 e. The van der Waals surface area contributed by atoms with Crippen LogP contribution in [0, 0.1) is 111 Å². The lowest BCUT2D eigenvalue weighted by Crippen LogP contribution is -2.68. The molecule has 138 heavy (non-hydrogen) atoms. The minimum Gasteiger partial charge on any atom is -0.456 e. The van der Waals surface area contributed by atoms with E-state index in [1.165, 1.54) is 83.0 Å². The fraction of sp³-hybridized carbons (Fsp3) is 0.148. The van der Waals surface area contributed by atoms with Gasteiger partial charge in [-0.1, -0.05) is 213 Å². The van der Waals surface area contributed by atoms with E-state index in [1.54, 1.807) is 0 Å². The zero-order valence-electron chi connectivity index (χ0n) is 79.6. The average molecular weight is 1780 g/mol. The molecular weight excluding hydrogens is 1690 g/mol. The fourth-order valence-electron chi connectivity index (χ4n) is 28.3. The van der Waals surface area contributed by atoms with E-state index in [9.17, 15) is 0 Å². The van der Waals surface area contributed by atoms with Crippen LogP contribution in [0.15, 0.2) is 265 Å². The summed E-state index contributed by atoms with van der Waals surface area (Å²) in [5.74, 6) is 2.68. The van der Waals surface area contributed by atoms with Gasteiger partial charge in [-0.05, 0) is 300 Å². The lowest BCUT2D eigenvalue weighted by molar-refractivity contribution is 0.202. The van der Waals surface area contributed by atoms with Gasteiger partial charge < -0.3 is 27.5 Å². The topological polar surface area (TPSA) is 114 Å². The molecule has 0 N–H and O–H groups in total. The number of fused-ring (bicyclic) bond motifs is 24. The quantitative estimate of drug-likeness (QED) is 0.144. The lowest BCUT2D eigenvalue weighted by atomic mass is 9.29. The monoisotopic (exact) mass is 1780 g/mol. The Labute approximate surface area is 796 Å². The molecule has 7 aliphatic heterocycles. The number of anilines is 8. The predicted octanol–water partition coefficient (Wildman–Crippen LogP) is 25.5. The normalized spacial score (nSPS) is 15.2. The highest BCUT2D eigenvalue weighted by molar-refractivity contribution is 7.03. The van der Waals surface area contributed by atoms with Gasteiger partial charge in [-0.15, -0.1) is 0 Å². The Morgan fingerprint density at radius 1 is 0.297 bits per heavy atom. The second kappa shape index (κ2) is 26.6. The molecule has 0 radical (unpaired) electrons. The van der Waals surface area contributed by atoms with Crippen molar-refractivity contribution in [3.63, 3.8) is 0 Å². The maximum atomic E-state index is 17.2. The molecule has 7 aromatic heterocycles. The summed E-state index contributed by atoms with van der Waals surface area (Å²) < 4.78 is 34.0. The molecule has 0 spiro atoms. The molecule has 1 unspecified atom stereocenters. The van der Waals surface area contributed by atoms with Gasteiger partial charge in [0.2, 0.25) is 13.4 Å². The third kappa shape index (κ3) is 9.83. The molecule has 0 saturated carbocycles. The maximum absolute atomic E-state index is 17.2. The van der Waals surface area contributed by atoms with Gasteiger partial charge in [-0.25, -0.2) is 14.2 Å². The van der Waals surface area contributed by atoms with Gasteiger partial charge in [-0.3, -0.25) is 18.9 Å². The minimum absolute atomic E-state index is 0.0547. The first kappa shape index (κ1) is 78.4. The standard InChI is InChI=1S/C122H90B3N7O6/c1-57-33-65(9)107(66(10)34-57)123-89-45-75(46-90-116(89)132-119-109(123)85-53-101-81(77-25-17-21-29-97(77)135-101)49-91(85)130(119)122(134)131-92-50-82-78-26-18-22-30-98(78)136-102(82)54-86(92)110(120(131)132)124(90)108-67(11)35-58(2)36-68(108)12)105-61(5)41-73(42-62(105)6)74-43-63(7)106(64(8)44-74)76-47-95-111-96(48-76)127(113-71(15)39-60(4)40-72(113)16)115-88-56-104-84(80-28-20-24-32-100(80)138-104)52-94(88)129-118(115)125(111)117-114(126(95)112-69(13)37-59(3)38-70(112)14)87-55-103-83(51-93(87)128(117)121(129)133)79-27-19-23-31-99(79)137-103/h17-49,51-56,92H,50H2,1-16H3. The Hall–Kier alpha value is -15.9. The number of amides is 1. The van der Waals surface area contributed by atoms with Gasteiger partial charge in [0.1, 0.15) is 56.5 Å². The molecule has 30 rings (SSSR count). The zero-order chi connectivity index (χ0) is 93.0. The van der Waals surface area contributed by atoms with Crippen molar-refractivity contribution in [3.8, 4) is 33.4 Å². The van der Waals surface area contributed by atoms with Gasteiger partial charge in [-0.2, -0.15) is 0 Å². The highest BCUT2D eigenvalue weighted by Crippen LogP contribution is 2.59. The summed E-state index contributed by atoms with van der Waals surface area (Å²) in [6.45, 7) is 35.3. The highest BCUT2D eigenvalue weighted by Gasteiger charge is 2.61. The highest BCUT2D eigenvalue weighted by atomic mass is 16.3. The first-order chi connectivity index (χ1) is 66.9.